The molecule has 0 amide bonds. The van der Waals surface area contributed by atoms with Crippen LogP contribution in [0.5, 0.6) is 0 Å². The number of hydrogen-bond acceptors (Lipinski definition) is 6. The second kappa shape index (κ2) is 6.57. The fourth-order valence-corrected chi connectivity index (χ4v) is 5.53. The fourth-order valence-electron chi connectivity index (χ4n) is 3.06. The zero-order chi connectivity index (χ0) is 18.3. The summed E-state index contributed by atoms with van der Waals surface area (Å²) >= 11 is 1.53. The van der Waals surface area contributed by atoms with Gasteiger partial charge < -0.3 is 4.42 Å². The fraction of sp³-hybridized carbons (Fsp3) is 0.294. The number of hydrogen-bond donors (Lipinski definition) is 0. The summed E-state index contributed by atoms with van der Waals surface area (Å²) in [6.07, 6.45) is 1.26. The van der Waals surface area contributed by atoms with E-state index in [2.05, 4.69) is 10.2 Å². The molecule has 1 atom stereocenters. The first kappa shape index (κ1) is 17.3. The highest BCUT2D eigenvalue weighted by molar-refractivity contribution is 7.89. The minimum Gasteiger partial charge on any atom is -0.418 e. The summed E-state index contributed by atoms with van der Waals surface area (Å²) in [5.74, 6) is 0.0617. The molecule has 3 heterocycles. The Balaban J connectivity index is 1.66. The maximum absolute atomic E-state index is 13.5. The van der Waals surface area contributed by atoms with Gasteiger partial charge >= 0.3 is 0 Å². The molecule has 1 saturated heterocycles. The molecule has 0 bridgehead atoms. The van der Waals surface area contributed by atoms with E-state index in [0.29, 0.717) is 25.3 Å². The zero-order valence-corrected chi connectivity index (χ0v) is 15.6. The van der Waals surface area contributed by atoms with Crippen LogP contribution in [0.4, 0.5) is 4.39 Å². The predicted octanol–water partition coefficient (Wildman–Crippen LogP) is 3.77. The minimum atomic E-state index is -3.84. The second-order valence-electron chi connectivity index (χ2n) is 6.09. The van der Waals surface area contributed by atoms with Gasteiger partial charge in [0.1, 0.15) is 11.9 Å². The molecule has 2 aromatic heterocycles. The average Bonchev–Trinajstić information content (AvgIpc) is 3.34. The number of aromatic nitrogens is 2. The number of benzene rings is 1. The van der Waals surface area contributed by atoms with E-state index >= 15 is 0 Å². The van der Waals surface area contributed by atoms with E-state index in [1.807, 2.05) is 19.1 Å². The van der Waals surface area contributed by atoms with E-state index in [-0.39, 0.29) is 10.8 Å². The van der Waals surface area contributed by atoms with Gasteiger partial charge in [0.2, 0.25) is 15.9 Å². The third-order valence-corrected chi connectivity index (χ3v) is 7.18. The molecule has 1 aliphatic heterocycles. The molecule has 0 aliphatic carbocycles. The van der Waals surface area contributed by atoms with E-state index in [9.17, 15) is 12.8 Å². The monoisotopic (exact) mass is 393 g/mol. The molecule has 1 aromatic carbocycles. The summed E-state index contributed by atoms with van der Waals surface area (Å²) in [5, 5.41) is 8.13. The molecule has 0 N–H and O–H groups in total. The van der Waals surface area contributed by atoms with E-state index in [1.165, 1.54) is 33.8 Å². The number of aryl methyl sites for hydroxylation is 1. The van der Waals surface area contributed by atoms with Crippen molar-refractivity contribution in [2.75, 3.05) is 6.54 Å². The molecule has 1 unspecified atom stereocenters. The molecule has 1 aliphatic rings. The first-order valence-electron chi connectivity index (χ1n) is 8.13. The van der Waals surface area contributed by atoms with Gasteiger partial charge in [-0.2, -0.15) is 4.31 Å². The number of sulfonamides is 1. The third kappa shape index (κ3) is 3.06. The van der Waals surface area contributed by atoms with Crippen LogP contribution >= 0.6 is 11.3 Å². The summed E-state index contributed by atoms with van der Waals surface area (Å²) in [6.45, 7) is 2.31. The highest BCUT2D eigenvalue weighted by Crippen LogP contribution is 2.37. The SMILES string of the molecule is Cc1ccc(-c2nnc(C3CCCN3S(=O)(=O)c3cccc(F)c3)o2)s1. The van der Waals surface area contributed by atoms with Crippen molar-refractivity contribution in [2.24, 2.45) is 0 Å². The summed E-state index contributed by atoms with van der Waals surface area (Å²) in [4.78, 5) is 1.90. The molecule has 6 nitrogen and oxygen atoms in total. The van der Waals surface area contributed by atoms with Crippen molar-refractivity contribution in [3.63, 3.8) is 0 Å². The van der Waals surface area contributed by atoms with Crippen molar-refractivity contribution < 1.29 is 17.2 Å². The molecule has 4 rings (SSSR count). The number of halogens is 1. The van der Waals surface area contributed by atoms with Crippen LogP contribution in [-0.2, 0) is 10.0 Å². The van der Waals surface area contributed by atoms with E-state index in [4.69, 9.17) is 4.42 Å². The summed E-state index contributed by atoms with van der Waals surface area (Å²) in [7, 11) is -3.84. The Labute approximate surface area is 154 Å². The summed E-state index contributed by atoms with van der Waals surface area (Å²) in [6, 6.07) is 8.34. The van der Waals surface area contributed by atoms with Gasteiger partial charge in [0.25, 0.3) is 5.89 Å². The van der Waals surface area contributed by atoms with Crippen LogP contribution in [0, 0.1) is 12.7 Å². The zero-order valence-electron chi connectivity index (χ0n) is 13.9. The Hall–Kier alpha value is -2.10. The number of rotatable bonds is 4. The van der Waals surface area contributed by atoms with Crippen LogP contribution in [-0.4, -0.2) is 29.5 Å². The molecule has 9 heteroatoms. The Morgan fingerprint density at radius 3 is 2.85 bits per heavy atom. The molecule has 136 valence electrons. The largest absolute Gasteiger partial charge is 0.418 e. The maximum Gasteiger partial charge on any atom is 0.257 e. The van der Waals surface area contributed by atoms with Crippen molar-refractivity contribution in [2.45, 2.75) is 30.7 Å². The van der Waals surface area contributed by atoms with Crippen molar-refractivity contribution in [1.29, 1.82) is 0 Å². The minimum absolute atomic E-state index is 0.0713. The number of thiophene rings is 1. The lowest BCUT2D eigenvalue weighted by molar-refractivity contribution is 0.332. The van der Waals surface area contributed by atoms with Gasteiger partial charge in [-0.15, -0.1) is 21.5 Å². The number of nitrogens with zero attached hydrogens (tertiary/aromatic N) is 3. The van der Waals surface area contributed by atoms with Crippen LogP contribution in [0.1, 0.15) is 29.7 Å². The van der Waals surface area contributed by atoms with Crippen molar-refractivity contribution in [3.05, 3.63) is 53.0 Å². The normalized spacial score (nSPS) is 18.5. The Morgan fingerprint density at radius 2 is 2.12 bits per heavy atom. The maximum atomic E-state index is 13.5. The predicted molar refractivity (Wildman–Crippen MR) is 94.6 cm³/mol. The first-order chi connectivity index (χ1) is 12.4. The van der Waals surface area contributed by atoms with Gasteiger partial charge in [0.05, 0.1) is 9.77 Å². The van der Waals surface area contributed by atoms with Gasteiger partial charge in [0.15, 0.2) is 0 Å². The van der Waals surface area contributed by atoms with Gasteiger partial charge in [-0.25, -0.2) is 12.8 Å². The van der Waals surface area contributed by atoms with E-state index < -0.39 is 21.9 Å². The van der Waals surface area contributed by atoms with Crippen LogP contribution < -0.4 is 0 Å². The highest BCUT2D eigenvalue weighted by Gasteiger charge is 2.39. The Morgan fingerprint density at radius 1 is 1.27 bits per heavy atom. The quantitative estimate of drug-likeness (QED) is 0.674. The molecule has 3 aromatic rings. The van der Waals surface area contributed by atoms with Gasteiger partial charge in [-0.1, -0.05) is 6.07 Å². The van der Waals surface area contributed by atoms with E-state index in [0.717, 1.165) is 15.8 Å². The summed E-state index contributed by atoms with van der Waals surface area (Å²) in [5.41, 5.74) is 0. The van der Waals surface area contributed by atoms with Crippen molar-refractivity contribution >= 4 is 21.4 Å². The van der Waals surface area contributed by atoms with Crippen molar-refractivity contribution in [3.8, 4) is 10.8 Å². The highest BCUT2D eigenvalue weighted by atomic mass is 32.2. The van der Waals surface area contributed by atoms with Gasteiger partial charge in [-0.3, -0.25) is 0 Å². The van der Waals surface area contributed by atoms with Crippen LogP contribution in [0.25, 0.3) is 10.8 Å². The van der Waals surface area contributed by atoms with Crippen LogP contribution in [0.15, 0.2) is 45.7 Å². The van der Waals surface area contributed by atoms with E-state index in [1.54, 1.807) is 0 Å². The van der Waals surface area contributed by atoms with Crippen LogP contribution in [0.2, 0.25) is 0 Å². The smallest absolute Gasteiger partial charge is 0.257 e. The lowest BCUT2D eigenvalue weighted by Gasteiger charge is -2.21. The van der Waals surface area contributed by atoms with Crippen LogP contribution in [0.3, 0.4) is 0 Å². The van der Waals surface area contributed by atoms with Crippen molar-refractivity contribution in [1.82, 2.24) is 14.5 Å². The lowest BCUT2D eigenvalue weighted by Crippen LogP contribution is -2.31. The third-order valence-electron chi connectivity index (χ3n) is 4.28. The molecule has 26 heavy (non-hydrogen) atoms. The van der Waals surface area contributed by atoms with Gasteiger partial charge in [-0.05, 0) is 50.1 Å². The Bertz CT molecular complexity index is 1040. The second-order valence-corrected chi connectivity index (χ2v) is 9.27. The summed E-state index contributed by atoms with van der Waals surface area (Å²) < 4.78 is 46.4. The Kier molecular flexibility index (Phi) is 4.37. The molecule has 0 spiro atoms. The van der Waals surface area contributed by atoms with Gasteiger partial charge in [0, 0.05) is 11.4 Å². The first-order valence-corrected chi connectivity index (χ1v) is 10.4. The molecular formula is C17H16FN3O3S2. The lowest BCUT2D eigenvalue weighted by atomic mass is 10.2. The molecular weight excluding hydrogens is 377 g/mol. The average molecular weight is 393 g/mol. The standard InChI is InChI=1S/C17H16FN3O3S2/c1-11-7-8-15(25-11)17-20-19-16(24-17)14-6-3-9-21(14)26(22,23)13-5-2-4-12(18)10-13/h2,4-5,7-8,10,14H,3,6,9H2,1H3. The topological polar surface area (TPSA) is 76.3 Å². The molecule has 0 radical (unpaired) electrons. The molecule has 0 saturated carbocycles. The molecule has 1 fully saturated rings.